The molecule has 0 aliphatic carbocycles. The number of carbonyl (C=O) groups is 3. The Hall–Kier alpha value is -3.36. The van der Waals surface area contributed by atoms with Gasteiger partial charge in [0.05, 0.1) is 12.1 Å². The summed E-state index contributed by atoms with van der Waals surface area (Å²) in [6.45, 7) is 0.547. The summed E-state index contributed by atoms with van der Waals surface area (Å²) >= 11 is 0. The lowest BCUT2D eigenvalue weighted by molar-refractivity contribution is -0.138. The number of amides is 4. The van der Waals surface area contributed by atoms with Crippen LogP contribution in [0.4, 0.5) is 18.0 Å². The number of nitrogens with zero attached hydrogens (tertiary/aromatic N) is 3. The molecule has 0 unspecified atom stereocenters. The average molecular weight is 445 g/mol. The van der Waals surface area contributed by atoms with Crippen molar-refractivity contribution in [2.75, 3.05) is 20.1 Å². The maximum atomic E-state index is 13.3. The van der Waals surface area contributed by atoms with Crippen LogP contribution in [0.5, 0.6) is 0 Å². The van der Waals surface area contributed by atoms with Gasteiger partial charge in [0.1, 0.15) is 5.54 Å². The molecule has 2 heterocycles. The Morgan fingerprint density at radius 1 is 0.969 bits per heavy atom. The topological polar surface area (TPSA) is 60.9 Å². The Bertz CT molecular complexity index is 1030. The molecule has 1 spiro atoms. The van der Waals surface area contributed by atoms with Gasteiger partial charge in [-0.1, -0.05) is 30.3 Å². The Labute approximate surface area is 183 Å². The first kappa shape index (κ1) is 21.9. The summed E-state index contributed by atoms with van der Waals surface area (Å²) in [6.07, 6.45) is -3.85. The minimum absolute atomic E-state index is 0.103. The van der Waals surface area contributed by atoms with E-state index in [9.17, 15) is 27.6 Å². The third-order valence-corrected chi connectivity index (χ3v) is 6.32. The Morgan fingerprint density at radius 2 is 1.56 bits per heavy atom. The summed E-state index contributed by atoms with van der Waals surface area (Å²) < 4.78 is 38.3. The lowest BCUT2D eigenvalue weighted by Gasteiger charge is -2.40. The molecule has 2 aromatic rings. The van der Waals surface area contributed by atoms with E-state index in [2.05, 4.69) is 0 Å². The number of likely N-dealkylation sites (tertiary alicyclic amines) is 1. The van der Waals surface area contributed by atoms with Gasteiger partial charge < -0.3 is 9.80 Å². The van der Waals surface area contributed by atoms with Gasteiger partial charge in [0, 0.05) is 25.7 Å². The highest BCUT2D eigenvalue weighted by molar-refractivity contribution is 6.07. The highest BCUT2D eigenvalue weighted by atomic mass is 19.4. The van der Waals surface area contributed by atoms with Crippen LogP contribution in [0.15, 0.2) is 54.6 Å². The molecule has 2 aliphatic rings. The van der Waals surface area contributed by atoms with E-state index in [0.29, 0.717) is 37.1 Å². The third-order valence-electron chi connectivity index (χ3n) is 6.32. The molecule has 4 amide bonds. The van der Waals surface area contributed by atoms with Gasteiger partial charge in [-0.05, 0) is 42.7 Å². The lowest BCUT2D eigenvalue weighted by Crippen LogP contribution is -2.56. The number of carbonyl (C=O) groups excluding carboxylic acids is 3. The van der Waals surface area contributed by atoms with E-state index in [4.69, 9.17) is 0 Å². The normalized spacial score (nSPS) is 18.6. The van der Waals surface area contributed by atoms with Gasteiger partial charge in [0.25, 0.3) is 11.8 Å². The van der Waals surface area contributed by atoms with Gasteiger partial charge >= 0.3 is 12.2 Å². The zero-order chi connectivity index (χ0) is 23.1. The van der Waals surface area contributed by atoms with E-state index in [1.165, 1.54) is 17.0 Å². The van der Waals surface area contributed by atoms with Crippen LogP contribution in [0, 0.1) is 0 Å². The third kappa shape index (κ3) is 3.72. The molecule has 0 bridgehead atoms. The maximum Gasteiger partial charge on any atom is 0.416 e. The highest BCUT2D eigenvalue weighted by Crippen LogP contribution is 2.37. The molecule has 0 aromatic heterocycles. The number of imide groups is 1. The van der Waals surface area contributed by atoms with Gasteiger partial charge in [0.15, 0.2) is 0 Å². The molecule has 168 valence electrons. The van der Waals surface area contributed by atoms with E-state index in [1.54, 1.807) is 36.2 Å². The first-order valence-corrected chi connectivity index (χ1v) is 10.2. The predicted octanol–water partition coefficient (Wildman–Crippen LogP) is 3.77. The van der Waals surface area contributed by atoms with Crippen molar-refractivity contribution in [2.45, 2.75) is 31.1 Å². The molecule has 0 radical (unpaired) electrons. The van der Waals surface area contributed by atoms with Crippen LogP contribution >= 0.6 is 0 Å². The highest BCUT2D eigenvalue weighted by Gasteiger charge is 2.56. The van der Waals surface area contributed by atoms with Crippen molar-refractivity contribution in [3.8, 4) is 0 Å². The number of hydrogen-bond acceptors (Lipinski definition) is 3. The predicted molar refractivity (Wildman–Crippen MR) is 109 cm³/mol. The summed E-state index contributed by atoms with van der Waals surface area (Å²) in [5.74, 6) is -0.502. The lowest BCUT2D eigenvalue weighted by atomic mass is 9.86. The fourth-order valence-corrected chi connectivity index (χ4v) is 4.36. The molecule has 9 heteroatoms. The minimum Gasteiger partial charge on any atom is -0.338 e. The zero-order valence-corrected chi connectivity index (χ0v) is 17.4. The first-order chi connectivity index (χ1) is 15.1. The van der Waals surface area contributed by atoms with Gasteiger partial charge in [-0.25, -0.2) is 4.79 Å². The fraction of sp³-hybridized carbons (Fsp3) is 0.348. The molecule has 32 heavy (non-hydrogen) atoms. The quantitative estimate of drug-likeness (QED) is 0.676. The van der Waals surface area contributed by atoms with E-state index in [-0.39, 0.29) is 18.4 Å². The molecule has 2 fully saturated rings. The minimum atomic E-state index is -4.45. The molecule has 0 atom stereocenters. The van der Waals surface area contributed by atoms with Crippen molar-refractivity contribution < 1.29 is 27.6 Å². The standard InChI is InChI=1S/C23H22F3N3O3/c1-27-21(32)29(15-16-7-9-18(10-8-16)23(24,25)26)20(31)22(27)11-13-28(14-12-22)19(30)17-5-3-2-4-6-17/h2-10H,11-15H2,1H3. The van der Waals surface area contributed by atoms with Gasteiger partial charge in [-0.2, -0.15) is 13.2 Å². The molecular weight excluding hydrogens is 423 g/mol. The van der Waals surface area contributed by atoms with Crippen LogP contribution in [0.2, 0.25) is 0 Å². The van der Waals surface area contributed by atoms with E-state index < -0.39 is 23.3 Å². The number of urea groups is 1. The molecular formula is C23H22F3N3O3. The van der Waals surface area contributed by atoms with Crippen molar-refractivity contribution in [3.05, 3.63) is 71.3 Å². The van der Waals surface area contributed by atoms with Crippen molar-refractivity contribution in [1.82, 2.24) is 14.7 Å². The van der Waals surface area contributed by atoms with Crippen LogP contribution in [-0.4, -0.2) is 58.2 Å². The number of rotatable bonds is 3. The molecule has 2 aliphatic heterocycles. The number of hydrogen-bond donors (Lipinski definition) is 0. The van der Waals surface area contributed by atoms with Crippen LogP contribution in [-0.2, 0) is 17.5 Å². The SMILES string of the molecule is CN1C(=O)N(Cc2ccc(C(F)(F)F)cc2)C(=O)C12CCN(C(=O)c1ccccc1)CC2. The maximum absolute atomic E-state index is 13.3. The molecule has 2 saturated heterocycles. The molecule has 0 N–H and O–H groups in total. The monoisotopic (exact) mass is 445 g/mol. The van der Waals surface area contributed by atoms with Crippen molar-refractivity contribution in [2.24, 2.45) is 0 Å². The van der Waals surface area contributed by atoms with Crippen molar-refractivity contribution in [1.29, 1.82) is 0 Å². The summed E-state index contributed by atoms with van der Waals surface area (Å²) in [5, 5.41) is 0. The zero-order valence-electron chi connectivity index (χ0n) is 17.4. The number of halogens is 3. The summed E-state index contributed by atoms with van der Waals surface area (Å²) in [7, 11) is 1.56. The van der Waals surface area contributed by atoms with Crippen molar-refractivity contribution in [3.63, 3.8) is 0 Å². The summed E-state index contributed by atoms with van der Waals surface area (Å²) in [6, 6.07) is 12.8. The molecule has 0 saturated carbocycles. The smallest absolute Gasteiger partial charge is 0.338 e. The number of piperidine rings is 1. The summed E-state index contributed by atoms with van der Waals surface area (Å²) in [4.78, 5) is 42.9. The van der Waals surface area contributed by atoms with Crippen LogP contribution in [0.1, 0.15) is 34.3 Å². The Morgan fingerprint density at radius 3 is 2.12 bits per heavy atom. The molecule has 6 nitrogen and oxygen atoms in total. The second kappa shape index (κ2) is 7.96. The largest absolute Gasteiger partial charge is 0.416 e. The second-order valence-corrected chi connectivity index (χ2v) is 8.12. The van der Waals surface area contributed by atoms with Crippen LogP contribution < -0.4 is 0 Å². The average Bonchev–Trinajstić information content (AvgIpc) is 2.96. The Kier molecular flexibility index (Phi) is 5.44. The van der Waals surface area contributed by atoms with Gasteiger partial charge in [-0.15, -0.1) is 0 Å². The van der Waals surface area contributed by atoms with E-state index in [1.807, 2.05) is 6.07 Å². The number of likely N-dealkylation sites (N-methyl/N-ethyl adjacent to an activating group) is 1. The van der Waals surface area contributed by atoms with Crippen LogP contribution in [0.3, 0.4) is 0 Å². The van der Waals surface area contributed by atoms with Crippen molar-refractivity contribution >= 4 is 17.8 Å². The van der Waals surface area contributed by atoms with Gasteiger partial charge in [-0.3, -0.25) is 14.5 Å². The first-order valence-electron chi connectivity index (χ1n) is 10.2. The molecule has 4 rings (SSSR count). The second-order valence-electron chi connectivity index (χ2n) is 8.12. The summed E-state index contributed by atoms with van der Waals surface area (Å²) in [5.41, 5.74) is -0.836. The molecule has 2 aromatic carbocycles. The van der Waals surface area contributed by atoms with E-state index >= 15 is 0 Å². The Balaban J connectivity index is 1.47. The number of benzene rings is 2. The van der Waals surface area contributed by atoms with Gasteiger partial charge in [0.2, 0.25) is 0 Å². The fourth-order valence-electron chi connectivity index (χ4n) is 4.36. The number of alkyl halides is 3. The van der Waals surface area contributed by atoms with Crippen LogP contribution in [0.25, 0.3) is 0 Å². The van der Waals surface area contributed by atoms with E-state index in [0.717, 1.165) is 17.0 Å².